The van der Waals surface area contributed by atoms with Crippen LogP contribution in [0.25, 0.3) is 0 Å². The molecule has 0 aliphatic carbocycles. The van der Waals surface area contributed by atoms with E-state index in [9.17, 15) is 0 Å². The van der Waals surface area contributed by atoms with E-state index in [1.165, 1.54) is 0 Å². The fraction of sp³-hybridized carbons (Fsp3) is 1.00. The van der Waals surface area contributed by atoms with Crippen LogP contribution in [0, 0.1) is 0 Å². The zero-order valence-corrected chi connectivity index (χ0v) is 6.74. The molecule has 1 aliphatic rings. The van der Waals surface area contributed by atoms with Crippen LogP contribution in [-0.2, 0) is 4.74 Å². The van der Waals surface area contributed by atoms with Crippen LogP contribution in [0.4, 0.5) is 0 Å². The van der Waals surface area contributed by atoms with Crippen LogP contribution in [0.3, 0.4) is 0 Å². The van der Waals surface area contributed by atoms with Gasteiger partial charge in [0.05, 0.1) is 12.2 Å². The summed E-state index contributed by atoms with van der Waals surface area (Å²) in [7, 11) is 1.94. The Labute approximate surface area is 62.1 Å². The van der Waals surface area contributed by atoms with Gasteiger partial charge >= 0.3 is 0 Å². The summed E-state index contributed by atoms with van der Waals surface area (Å²) in [6, 6.07) is 0. The molecule has 1 fully saturated rings. The molecule has 0 atom stereocenters. The minimum atomic E-state index is 0.122. The zero-order valence-electron chi connectivity index (χ0n) is 6.74. The highest BCUT2D eigenvalue weighted by Gasteiger charge is 2.31. The number of nitrogens with one attached hydrogen (secondary N) is 2. The van der Waals surface area contributed by atoms with Crippen molar-refractivity contribution in [2.24, 2.45) is 0 Å². The van der Waals surface area contributed by atoms with Crippen molar-refractivity contribution < 1.29 is 4.74 Å². The molecule has 0 aromatic rings. The number of rotatable bonds is 4. The van der Waals surface area contributed by atoms with Crippen LogP contribution < -0.4 is 10.6 Å². The molecule has 1 rings (SSSR count). The molecule has 0 radical (unpaired) electrons. The van der Waals surface area contributed by atoms with Crippen molar-refractivity contribution in [3.05, 3.63) is 0 Å². The van der Waals surface area contributed by atoms with Crippen LogP contribution in [0.15, 0.2) is 0 Å². The molecule has 1 saturated heterocycles. The highest BCUT2D eigenvalue weighted by molar-refractivity contribution is 4.89. The third kappa shape index (κ3) is 1.94. The van der Waals surface area contributed by atoms with Crippen molar-refractivity contribution in [2.45, 2.75) is 12.5 Å². The topological polar surface area (TPSA) is 33.3 Å². The number of hydrogen-bond donors (Lipinski definition) is 2. The summed E-state index contributed by atoms with van der Waals surface area (Å²) in [4.78, 5) is 0. The van der Waals surface area contributed by atoms with E-state index in [2.05, 4.69) is 17.6 Å². The largest absolute Gasteiger partial charge is 0.371 e. The Morgan fingerprint density at radius 2 is 2.30 bits per heavy atom. The number of hydrogen-bond acceptors (Lipinski definition) is 3. The molecule has 0 aromatic heterocycles. The van der Waals surface area contributed by atoms with Crippen LogP contribution in [0.1, 0.15) is 6.92 Å². The summed E-state index contributed by atoms with van der Waals surface area (Å²) < 4.78 is 5.58. The summed E-state index contributed by atoms with van der Waals surface area (Å²) in [5.74, 6) is 0. The van der Waals surface area contributed by atoms with Gasteiger partial charge in [-0.05, 0) is 14.0 Å². The van der Waals surface area contributed by atoms with E-state index in [1.54, 1.807) is 0 Å². The average Bonchev–Trinajstić information content (AvgIpc) is 1.85. The molecule has 3 heteroatoms. The van der Waals surface area contributed by atoms with Crippen LogP contribution in [-0.4, -0.2) is 38.9 Å². The monoisotopic (exact) mass is 144 g/mol. The molecular weight excluding hydrogens is 128 g/mol. The molecule has 1 aliphatic heterocycles. The van der Waals surface area contributed by atoms with Crippen molar-refractivity contribution in [1.29, 1.82) is 0 Å². The maximum absolute atomic E-state index is 5.58. The molecule has 0 bridgehead atoms. The van der Waals surface area contributed by atoms with Gasteiger partial charge in [-0.3, -0.25) is 0 Å². The lowest BCUT2D eigenvalue weighted by Crippen LogP contribution is -2.59. The molecule has 0 amide bonds. The summed E-state index contributed by atoms with van der Waals surface area (Å²) in [5, 5.41) is 6.23. The first-order chi connectivity index (χ1) is 4.77. The van der Waals surface area contributed by atoms with E-state index in [0.29, 0.717) is 0 Å². The van der Waals surface area contributed by atoms with Gasteiger partial charge in [-0.15, -0.1) is 0 Å². The van der Waals surface area contributed by atoms with Gasteiger partial charge in [-0.2, -0.15) is 0 Å². The third-order valence-electron chi connectivity index (χ3n) is 1.80. The Kier molecular flexibility index (Phi) is 2.65. The molecule has 10 heavy (non-hydrogen) atoms. The lowest BCUT2D eigenvalue weighted by atomic mass is 10.0. The van der Waals surface area contributed by atoms with Gasteiger partial charge in [0.1, 0.15) is 0 Å². The first-order valence-corrected chi connectivity index (χ1v) is 3.76. The second-order valence-corrected chi connectivity index (χ2v) is 3.01. The van der Waals surface area contributed by atoms with Gasteiger partial charge in [0.25, 0.3) is 0 Å². The molecule has 60 valence electrons. The Hall–Kier alpha value is -0.120. The number of ether oxygens (including phenoxy) is 1. The maximum atomic E-state index is 5.58. The van der Waals surface area contributed by atoms with Crippen molar-refractivity contribution in [3.8, 4) is 0 Å². The van der Waals surface area contributed by atoms with E-state index in [4.69, 9.17) is 4.74 Å². The summed E-state index contributed by atoms with van der Waals surface area (Å²) in [6.45, 7) is 5.89. The van der Waals surface area contributed by atoms with Crippen molar-refractivity contribution in [1.82, 2.24) is 10.6 Å². The van der Waals surface area contributed by atoms with Crippen molar-refractivity contribution in [2.75, 3.05) is 33.3 Å². The van der Waals surface area contributed by atoms with Crippen LogP contribution >= 0.6 is 0 Å². The van der Waals surface area contributed by atoms with Gasteiger partial charge in [0, 0.05) is 19.6 Å². The fourth-order valence-corrected chi connectivity index (χ4v) is 0.979. The van der Waals surface area contributed by atoms with E-state index >= 15 is 0 Å². The number of likely N-dealkylation sites (N-methyl/N-ethyl adjacent to an activating group) is 1. The van der Waals surface area contributed by atoms with Crippen molar-refractivity contribution >= 4 is 0 Å². The van der Waals surface area contributed by atoms with Gasteiger partial charge in [-0.1, -0.05) is 0 Å². The Bertz CT molecular complexity index is 102. The summed E-state index contributed by atoms with van der Waals surface area (Å²) in [5.41, 5.74) is 0.122. The van der Waals surface area contributed by atoms with Crippen LogP contribution in [0.2, 0.25) is 0 Å². The summed E-state index contributed by atoms with van der Waals surface area (Å²) in [6.07, 6.45) is 0. The lowest BCUT2D eigenvalue weighted by molar-refractivity contribution is -0.0644. The molecular formula is C7H16N2O. The molecule has 3 nitrogen and oxygen atoms in total. The Balaban J connectivity index is 2.01. The van der Waals surface area contributed by atoms with Gasteiger partial charge < -0.3 is 15.4 Å². The quantitative estimate of drug-likeness (QED) is 0.526. The van der Waals surface area contributed by atoms with Crippen molar-refractivity contribution in [3.63, 3.8) is 0 Å². The minimum Gasteiger partial charge on any atom is -0.371 e. The van der Waals surface area contributed by atoms with E-state index in [0.717, 1.165) is 26.2 Å². The Morgan fingerprint density at radius 3 is 2.70 bits per heavy atom. The maximum Gasteiger partial charge on any atom is 0.0902 e. The van der Waals surface area contributed by atoms with E-state index in [1.807, 2.05) is 7.05 Å². The predicted molar refractivity (Wildman–Crippen MR) is 41.2 cm³/mol. The molecule has 0 unspecified atom stereocenters. The van der Waals surface area contributed by atoms with Gasteiger partial charge in [0.2, 0.25) is 0 Å². The highest BCUT2D eigenvalue weighted by atomic mass is 16.5. The van der Waals surface area contributed by atoms with Crippen LogP contribution in [0.5, 0.6) is 0 Å². The first kappa shape index (κ1) is 7.98. The smallest absolute Gasteiger partial charge is 0.0902 e. The third-order valence-corrected chi connectivity index (χ3v) is 1.80. The average molecular weight is 144 g/mol. The zero-order chi connectivity index (χ0) is 7.45. The first-order valence-electron chi connectivity index (χ1n) is 3.76. The van der Waals surface area contributed by atoms with Gasteiger partial charge in [0.15, 0.2) is 0 Å². The normalized spacial score (nSPS) is 22.2. The van der Waals surface area contributed by atoms with E-state index < -0.39 is 0 Å². The molecule has 0 spiro atoms. The second kappa shape index (κ2) is 3.32. The summed E-state index contributed by atoms with van der Waals surface area (Å²) >= 11 is 0. The highest BCUT2D eigenvalue weighted by Crippen LogP contribution is 2.14. The molecule has 0 aromatic carbocycles. The standard InChI is InChI=1S/C7H16N2O/c1-7(5-9-6-7)10-4-3-8-2/h8-9H,3-6H2,1-2H3. The van der Waals surface area contributed by atoms with Gasteiger partial charge in [-0.25, -0.2) is 0 Å². The molecule has 0 saturated carbocycles. The molecule has 2 N–H and O–H groups in total. The Morgan fingerprint density at radius 1 is 1.60 bits per heavy atom. The SMILES string of the molecule is CNCCOC1(C)CNC1. The predicted octanol–water partition coefficient (Wildman–Crippen LogP) is -0.416. The lowest BCUT2D eigenvalue weighted by Gasteiger charge is -2.39. The fourth-order valence-electron chi connectivity index (χ4n) is 0.979. The molecule has 1 heterocycles. The van der Waals surface area contributed by atoms with E-state index in [-0.39, 0.29) is 5.60 Å². The second-order valence-electron chi connectivity index (χ2n) is 3.01. The minimum absolute atomic E-state index is 0.122.